The zero-order valence-corrected chi connectivity index (χ0v) is 14.6. The molecule has 7 nitrogen and oxygen atoms in total. The molecule has 1 aliphatic carbocycles. The van der Waals surface area contributed by atoms with Crippen LogP contribution in [0.15, 0.2) is 34.9 Å². The Hall–Kier alpha value is -2.96. The lowest BCUT2D eigenvalue weighted by molar-refractivity contribution is 0.0421. The molecule has 2 heterocycles. The molecule has 3 aromatic rings. The van der Waals surface area contributed by atoms with Gasteiger partial charge in [-0.15, -0.1) is 0 Å². The number of rotatable bonds is 6. The highest BCUT2D eigenvalue weighted by Gasteiger charge is 2.28. The Morgan fingerprint density at radius 2 is 2.12 bits per heavy atom. The van der Waals surface area contributed by atoms with E-state index in [0.717, 1.165) is 49.0 Å². The Kier molecular flexibility index (Phi) is 4.51. The first kappa shape index (κ1) is 16.5. The second kappa shape index (κ2) is 7.11. The van der Waals surface area contributed by atoms with Crippen LogP contribution in [0.5, 0.6) is 0 Å². The number of aryl methyl sites for hydroxylation is 1. The number of ether oxygens (including phenoxy) is 1. The fourth-order valence-corrected chi connectivity index (χ4v) is 3.25. The molecule has 0 amide bonds. The molecule has 0 saturated carbocycles. The van der Waals surface area contributed by atoms with Crippen LogP contribution in [0.1, 0.15) is 53.2 Å². The maximum Gasteiger partial charge on any atom is 0.359 e. The van der Waals surface area contributed by atoms with Crippen LogP contribution in [0, 0.1) is 0 Å². The molecular weight excluding hydrogens is 332 g/mol. The first-order valence-corrected chi connectivity index (χ1v) is 8.91. The standard InChI is InChI=1S/C19H20N4O3/c1-2-7-16-20-17(26-22-16)12-25-19(24)18-14-10-6-11-15(14)23(21-18)13-8-4-3-5-9-13/h3-5,8-9H,2,6-7,10-12H2,1H3. The molecule has 4 rings (SSSR count). The van der Waals surface area contributed by atoms with Crippen molar-refractivity contribution in [2.75, 3.05) is 0 Å². The molecule has 0 aliphatic heterocycles. The summed E-state index contributed by atoms with van der Waals surface area (Å²) >= 11 is 0. The molecular formula is C19H20N4O3. The lowest BCUT2D eigenvalue weighted by Gasteiger charge is -2.04. The lowest BCUT2D eigenvalue weighted by Crippen LogP contribution is -2.09. The molecule has 0 atom stereocenters. The van der Waals surface area contributed by atoms with Crippen molar-refractivity contribution in [3.05, 3.63) is 59.0 Å². The molecule has 0 N–H and O–H groups in total. The van der Waals surface area contributed by atoms with Gasteiger partial charge in [0.2, 0.25) is 0 Å². The van der Waals surface area contributed by atoms with E-state index in [2.05, 4.69) is 15.2 Å². The van der Waals surface area contributed by atoms with Crippen LogP contribution in [0.25, 0.3) is 5.69 Å². The molecule has 134 valence electrons. The van der Waals surface area contributed by atoms with Crippen LogP contribution in [0.4, 0.5) is 0 Å². The second-order valence-corrected chi connectivity index (χ2v) is 6.31. The summed E-state index contributed by atoms with van der Waals surface area (Å²) in [6.45, 7) is 2.00. The normalized spacial score (nSPS) is 13.0. The highest BCUT2D eigenvalue weighted by molar-refractivity contribution is 5.89. The van der Waals surface area contributed by atoms with Crippen molar-refractivity contribution in [1.82, 2.24) is 19.9 Å². The Balaban J connectivity index is 1.53. The summed E-state index contributed by atoms with van der Waals surface area (Å²) in [6.07, 6.45) is 4.45. The van der Waals surface area contributed by atoms with Gasteiger partial charge in [0.15, 0.2) is 18.1 Å². The number of esters is 1. The van der Waals surface area contributed by atoms with Crippen LogP contribution in [0.2, 0.25) is 0 Å². The lowest BCUT2D eigenvalue weighted by atomic mass is 10.2. The molecule has 0 unspecified atom stereocenters. The zero-order valence-electron chi connectivity index (χ0n) is 14.6. The van der Waals surface area contributed by atoms with Crippen molar-refractivity contribution in [2.24, 2.45) is 0 Å². The van der Waals surface area contributed by atoms with Gasteiger partial charge in [0.1, 0.15) is 0 Å². The minimum atomic E-state index is -0.451. The molecule has 7 heteroatoms. The van der Waals surface area contributed by atoms with Crippen LogP contribution >= 0.6 is 0 Å². The van der Waals surface area contributed by atoms with Crippen molar-refractivity contribution < 1.29 is 14.1 Å². The maximum absolute atomic E-state index is 12.6. The van der Waals surface area contributed by atoms with Crippen LogP contribution in [0.3, 0.4) is 0 Å². The summed E-state index contributed by atoms with van der Waals surface area (Å²) in [7, 11) is 0. The monoisotopic (exact) mass is 352 g/mol. The number of carbonyl (C=O) groups is 1. The molecule has 1 aromatic carbocycles. The number of nitrogens with zero attached hydrogens (tertiary/aromatic N) is 4. The minimum absolute atomic E-state index is 0.0392. The number of fused-ring (bicyclic) bond motifs is 1. The van der Waals surface area contributed by atoms with Crippen molar-refractivity contribution in [1.29, 1.82) is 0 Å². The van der Waals surface area contributed by atoms with Crippen molar-refractivity contribution in [3.8, 4) is 5.69 Å². The fourth-order valence-electron chi connectivity index (χ4n) is 3.25. The van der Waals surface area contributed by atoms with Crippen molar-refractivity contribution in [2.45, 2.75) is 45.6 Å². The summed E-state index contributed by atoms with van der Waals surface area (Å²) in [6, 6.07) is 9.84. The first-order valence-electron chi connectivity index (χ1n) is 8.91. The number of aromatic nitrogens is 4. The summed E-state index contributed by atoms with van der Waals surface area (Å²) in [5.74, 6) is 0.488. The average molecular weight is 352 g/mol. The van der Waals surface area contributed by atoms with Crippen LogP contribution in [-0.4, -0.2) is 25.9 Å². The predicted molar refractivity (Wildman–Crippen MR) is 93.0 cm³/mol. The number of benzene rings is 1. The van der Waals surface area contributed by atoms with E-state index in [-0.39, 0.29) is 6.61 Å². The van der Waals surface area contributed by atoms with Gasteiger partial charge in [0.05, 0.1) is 5.69 Å². The predicted octanol–water partition coefficient (Wildman–Crippen LogP) is 3.05. The van der Waals surface area contributed by atoms with E-state index in [1.165, 1.54) is 0 Å². The Morgan fingerprint density at radius 3 is 2.92 bits per heavy atom. The van der Waals surface area contributed by atoms with Gasteiger partial charge < -0.3 is 9.26 Å². The first-order chi connectivity index (χ1) is 12.8. The van der Waals surface area contributed by atoms with Crippen molar-refractivity contribution >= 4 is 5.97 Å². The van der Waals surface area contributed by atoms with E-state index < -0.39 is 5.97 Å². The van der Waals surface area contributed by atoms with E-state index in [1.54, 1.807) is 0 Å². The minimum Gasteiger partial charge on any atom is -0.451 e. The van der Waals surface area contributed by atoms with E-state index in [4.69, 9.17) is 9.26 Å². The quantitative estimate of drug-likeness (QED) is 0.634. The molecule has 0 spiro atoms. The topological polar surface area (TPSA) is 83.0 Å². The average Bonchev–Trinajstić information content (AvgIpc) is 3.37. The molecule has 0 bridgehead atoms. The Bertz CT molecular complexity index is 914. The molecule has 2 aromatic heterocycles. The summed E-state index contributed by atoms with van der Waals surface area (Å²) in [4.78, 5) is 16.8. The third-order valence-electron chi connectivity index (χ3n) is 4.43. The number of hydrogen-bond acceptors (Lipinski definition) is 6. The van der Waals surface area contributed by atoms with Gasteiger partial charge in [-0.3, -0.25) is 0 Å². The summed E-state index contributed by atoms with van der Waals surface area (Å²) < 4.78 is 12.3. The molecule has 0 radical (unpaired) electrons. The highest BCUT2D eigenvalue weighted by atomic mass is 16.6. The fraction of sp³-hybridized carbons (Fsp3) is 0.368. The largest absolute Gasteiger partial charge is 0.451 e. The SMILES string of the molecule is CCCc1noc(COC(=O)c2nn(-c3ccccc3)c3c2CCC3)n1. The van der Waals surface area contributed by atoms with Gasteiger partial charge in [-0.05, 0) is 37.8 Å². The second-order valence-electron chi connectivity index (χ2n) is 6.31. The molecule has 1 aliphatic rings. The molecule has 0 saturated heterocycles. The maximum atomic E-state index is 12.6. The van der Waals surface area contributed by atoms with Gasteiger partial charge >= 0.3 is 5.97 Å². The van der Waals surface area contributed by atoms with Gasteiger partial charge in [-0.2, -0.15) is 10.1 Å². The number of carbonyl (C=O) groups excluding carboxylic acids is 1. The zero-order chi connectivity index (χ0) is 17.9. The third kappa shape index (κ3) is 3.12. The van der Waals surface area contributed by atoms with Crippen molar-refractivity contribution in [3.63, 3.8) is 0 Å². The molecule has 26 heavy (non-hydrogen) atoms. The van der Waals surface area contributed by atoms with E-state index in [9.17, 15) is 4.79 Å². The summed E-state index contributed by atoms with van der Waals surface area (Å²) in [5, 5.41) is 8.39. The van der Waals surface area contributed by atoms with Crippen LogP contribution in [-0.2, 0) is 30.6 Å². The smallest absolute Gasteiger partial charge is 0.359 e. The molecule has 0 fully saturated rings. The Morgan fingerprint density at radius 1 is 1.27 bits per heavy atom. The number of hydrogen-bond donors (Lipinski definition) is 0. The van der Waals surface area contributed by atoms with Gasteiger partial charge in [-0.25, -0.2) is 9.48 Å². The summed E-state index contributed by atoms with van der Waals surface area (Å²) in [5.41, 5.74) is 3.41. The van der Waals surface area contributed by atoms with Crippen LogP contribution < -0.4 is 0 Å². The van der Waals surface area contributed by atoms with E-state index in [1.807, 2.05) is 41.9 Å². The Labute approximate surface area is 151 Å². The van der Waals surface area contributed by atoms with E-state index >= 15 is 0 Å². The van der Waals surface area contributed by atoms with Gasteiger partial charge in [0, 0.05) is 17.7 Å². The van der Waals surface area contributed by atoms with Gasteiger partial charge in [0.25, 0.3) is 5.89 Å². The van der Waals surface area contributed by atoms with Gasteiger partial charge in [-0.1, -0.05) is 30.3 Å². The highest BCUT2D eigenvalue weighted by Crippen LogP contribution is 2.28. The van der Waals surface area contributed by atoms with E-state index in [0.29, 0.717) is 17.4 Å². The third-order valence-corrected chi connectivity index (χ3v) is 4.43. The number of para-hydroxylation sites is 1.